The first-order valence-electron chi connectivity index (χ1n) is 9.15. The summed E-state index contributed by atoms with van der Waals surface area (Å²) in [5, 5.41) is 2.81. The van der Waals surface area contributed by atoms with Crippen molar-refractivity contribution >= 4 is 17.4 Å². The molecule has 1 amide bonds. The van der Waals surface area contributed by atoms with Crippen molar-refractivity contribution in [2.24, 2.45) is 0 Å². The average Bonchev–Trinajstić information content (AvgIpc) is 2.73. The molecule has 0 radical (unpaired) electrons. The van der Waals surface area contributed by atoms with Crippen LogP contribution in [0.3, 0.4) is 0 Å². The predicted octanol–water partition coefficient (Wildman–Crippen LogP) is 4.15. The molecule has 0 saturated heterocycles. The lowest BCUT2D eigenvalue weighted by atomic mass is 10.2. The second-order valence-electron chi connectivity index (χ2n) is 6.62. The van der Waals surface area contributed by atoms with Crippen LogP contribution in [0, 0.1) is 0 Å². The first-order valence-corrected chi connectivity index (χ1v) is 9.15. The molecule has 0 aliphatic rings. The van der Waals surface area contributed by atoms with Crippen LogP contribution in [0.2, 0.25) is 0 Å². The summed E-state index contributed by atoms with van der Waals surface area (Å²) in [4.78, 5) is 23.4. The molecule has 0 aliphatic carbocycles. The molecule has 0 aliphatic heterocycles. The normalized spacial score (nSPS) is 10.6. The summed E-state index contributed by atoms with van der Waals surface area (Å²) in [6.45, 7) is 4.93. The third-order valence-corrected chi connectivity index (χ3v) is 4.34. The van der Waals surface area contributed by atoms with Crippen molar-refractivity contribution in [2.45, 2.75) is 26.4 Å². The van der Waals surface area contributed by atoms with Crippen molar-refractivity contribution in [3.63, 3.8) is 0 Å². The molecule has 3 rings (SSSR count). The van der Waals surface area contributed by atoms with Gasteiger partial charge in [0.15, 0.2) is 0 Å². The quantitative estimate of drug-likeness (QED) is 0.671. The minimum Gasteiger partial charge on any atom is -0.495 e. The number of hydrogen-bond acceptors (Lipinski definition) is 5. The molecule has 2 aromatic carbocycles. The third kappa shape index (κ3) is 4.65. The van der Waals surface area contributed by atoms with Crippen LogP contribution in [0.15, 0.2) is 67.0 Å². The van der Waals surface area contributed by atoms with E-state index in [1.54, 1.807) is 25.4 Å². The maximum absolute atomic E-state index is 12.5. The van der Waals surface area contributed by atoms with Gasteiger partial charge in [0.1, 0.15) is 17.3 Å². The highest BCUT2D eigenvalue weighted by molar-refractivity contribution is 6.03. The Morgan fingerprint density at radius 1 is 1.04 bits per heavy atom. The Morgan fingerprint density at radius 3 is 2.39 bits per heavy atom. The van der Waals surface area contributed by atoms with E-state index < -0.39 is 0 Å². The van der Waals surface area contributed by atoms with E-state index in [1.807, 2.05) is 30.3 Å². The highest BCUT2D eigenvalue weighted by Crippen LogP contribution is 2.23. The Hall–Kier alpha value is -3.41. The van der Waals surface area contributed by atoms with Crippen LogP contribution in [-0.2, 0) is 6.54 Å². The summed E-state index contributed by atoms with van der Waals surface area (Å²) in [7, 11) is 1.56. The van der Waals surface area contributed by atoms with Crippen LogP contribution in [0.5, 0.6) is 5.75 Å². The first kappa shape index (κ1) is 19.4. The SMILES string of the molecule is COc1ccccc1NC(=O)c1cnc(N(Cc2ccccc2)C(C)C)cn1. The maximum atomic E-state index is 12.5. The highest BCUT2D eigenvalue weighted by Gasteiger charge is 2.16. The van der Waals surface area contributed by atoms with Gasteiger partial charge < -0.3 is 15.0 Å². The Morgan fingerprint density at radius 2 is 1.75 bits per heavy atom. The standard InChI is InChI=1S/C22H24N4O2/c1-16(2)26(15-17-9-5-4-6-10-17)21-14-23-19(13-24-21)22(27)25-18-11-7-8-12-20(18)28-3/h4-14,16H,15H2,1-3H3,(H,25,27). The number of rotatable bonds is 7. The van der Waals surface area contributed by atoms with Crippen LogP contribution in [0.4, 0.5) is 11.5 Å². The topological polar surface area (TPSA) is 67.3 Å². The number of hydrogen-bond donors (Lipinski definition) is 1. The molecule has 1 heterocycles. The summed E-state index contributed by atoms with van der Waals surface area (Å²) < 4.78 is 5.26. The molecule has 0 unspecified atom stereocenters. The molecule has 28 heavy (non-hydrogen) atoms. The fourth-order valence-corrected chi connectivity index (χ4v) is 2.83. The number of carbonyl (C=O) groups excluding carboxylic acids is 1. The van der Waals surface area contributed by atoms with E-state index in [9.17, 15) is 4.79 Å². The zero-order valence-electron chi connectivity index (χ0n) is 16.3. The van der Waals surface area contributed by atoms with E-state index in [4.69, 9.17) is 4.74 Å². The molecule has 6 heteroatoms. The second-order valence-corrected chi connectivity index (χ2v) is 6.62. The van der Waals surface area contributed by atoms with E-state index in [1.165, 1.54) is 11.8 Å². The zero-order chi connectivity index (χ0) is 19.9. The van der Waals surface area contributed by atoms with Crippen molar-refractivity contribution in [1.82, 2.24) is 9.97 Å². The van der Waals surface area contributed by atoms with Crippen LogP contribution in [0.25, 0.3) is 0 Å². The number of amides is 1. The van der Waals surface area contributed by atoms with Gasteiger partial charge in [-0.3, -0.25) is 4.79 Å². The minimum atomic E-state index is -0.331. The van der Waals surface area contributed by atoms with E-state index in [-0.39, 0.29) is 17.6 Å². The highest BCUT2D eigenvalue weighted by atomic mass is 16.5. The van der Waals surface area contributed by atoms with Gasteiger partial charge in [-0.1, -0.05) is 42.5 Å². The molecule has 1 N–H and O–H groups in total. The third-order valence-electron chi connectivity index (χ3n) is 4.34. The van der Waals surface area contributed by atoms with Gasteiger partial charge >= 0.3 is 0 Å². The number of ether oxygens (including phenoxy) is 1. The van der Waals surface area contributed by atoms with Crippen molar-refractivity contribution in [3.8, 4) is 5.75 Å². The Bertz CT molecular complexity index is 911. The molecule has 0 saturated carbocycles. The van der Waals surface area contributed by atoms with Gasteiger partial charge in [0, 0.05) is 12.6 Å². The lowest BCUT2D eigenvalue weighted by Crippen LogP contribution is -2.31. The molecule has 1 aromatic heterocycles. The number of para-hydroxylation sites is 2. The number of benzene rings is 2. The number of aromatic nitrogens is 2. The molecule has 0 fully saturated rings. The van der Waals surface area contributed by atoms with E-state index in [0.29, 0.717) is 11.4 Å². The molecule has 0 atom stereocenters. The van der Waals surface area contributed by atoms with Crippen molar-refractivity contribution in [3.05, 3.63) is 78.2 Å². The van der Waals surface area contributed by atoms with Gasteiger partial charge in [0.2, 0.25) is 0 Å². The summed E-state index contributed by atoms with van der Waals surface area (Å²) >= 11 is 0. The number of anilines is 2. The van der Waals surface area contributed by atoms with E-state index in [2.05, 4.69) is 46.2 Å². The molecule has 3 aromatic rings. The molecule has 0 spiro atoms. The van der Waals surface area contributed by atoms with Crippen molar-refractivity contribution in [1.29, 1.82) is 0 Å². The van der Waals surface area contributed by atoms with Gasteiger partial charge in [0.25, 0.3) is 5.91 Å². The van der Waals surface area contributed by atoms with E-state index in [0.717, 1.165) is 12.4 Å². The van der Waals surface area contributed by atoms with E-state index >= 15 is 0 Å². The first-order chi connectivity index (χ1) is 13.6. The maximum Gasteiger partial charge on any atom is 0.275 e. The summed E-state index contributed by atoms with van der Waals surface area (Å²) in [5.74, 6) is 0.990. The summed E-state index contributed by atoms with van der Waals surface area (Å²) in [5.41, 5.74) is 2.03. The molecule has 0 bridgehead atoms. The van der Waals surface area contributed by atoms with Crippen LogP contribution >= 0.6 is 0 Å². The Balaban J connectivity index is 1.75. The second kappa shape index (κ2) is 8.99. The van der Waals surface area contributed by atoms with Crippen LogP contribution < -0.4 is 15.0 Å². The molecular weight excluding hydrogens is 352 g/mol. The van der Waals surface area contributed by atoms with Crippen LogP contribution in [-0.4, -0.2) is 29.0 Å². The average molecular weight is 376 g/mol. The zero-order valence-corrected chi connectivity index (χ0v) is 16.3. The van der Waals surface area contributed by atoms with Gasteiger partial charge in [0.05, 0.1) is 25.2 Å². The fourth-order valence-electron chi connectivity index (χ4n) is 2.83. The van der Waals surface area contributed by atoms with Crippen molar-refractivity contribution < 1.29 is 9.53 Å². The largest absolute Gasteiger partial charge is 0.495 e. The Kier molecular flexibility index (Phi) is 6.22. The molecule has 6 nitrogen and oxygen atoms in total. The smallest absolute Gasteiger partial charge is 0.275 e. The minimum absolute atomic E-state index is 0.239. The number of methoxy groups -OCH3 is 1. The molecular formula is C22H24N4O2. The fraction of sp³-hybridized carbons (Fsp3) is 0.227. The van der Waals surface area contributed by atoms with Gasteiger partial charge in [-0.05, 0) is 31.5 Å². The lowest BCUT2D eigenvalue weighted by Gasteiger charge is -2.27. The lowest BCUT2D eigenvalue weighted by molar-refractivity contribution is 0.102. The predicted molar refractivity (Wildman–Crippen MR) is 111 cm³/mol. The van der Waals surface area contributed by atoms with Gasteiger partial charge in [-0.2, -0.15) is 0 Å². The summed E-state index contributed by atoms with van der Waals surface area (Å²) in [6, 6.07) is 17.7. The van der Waals surface area contributed by atoms with Gasteiger partial charge in [-0.15, -0.1) is 0 Å². The number of carbonyl (C=O) groups is 1. The molecule has 144 valence electrons. The van der Waals surface area contributed by atoms with Crippen molar-refractivity contribution in [2.75, 3.05) is 17.3 Å². The number of nitrogens with zero attached hydrogens (tertiary/aromatic N) is 3. The van der Waals surface area contributed by atoms with Gasteiger partial charge in [-0.25, -0.2) is 9.97 Å². The Labute approximate surface area is 165 Å². The number of nitrogens with one attached hydrogen (secondary N) is 1. The van der Waals surface area contributed by atoms with Crippen LogP contribution in [0.1, 0.15) is 29.9 Å². The summed E-state index contributed by atoms with van der Waals surface area (Å²) in [6.07, 6.45) is 3.14. The monoisotopic (exact) mass is 376 g/mol.